The predicted octanol–water partition coefficient (Wildman–Crippen LogP) is 0.277. The number of ether oxygens (including phenoxy) is 1. The highest BCUT2D eigenvalue weighted by Gasteiger charge is 2.57. The fraction of sp³-hybridized carbons (Fsp3) is 0.818. The number of carboxylic acid groups (broad SMARTS) is 1. The second-order valence-corrected chi connectivity index (χ2v) is 4.72. The van der Waals surface area contributed by atoms with Gasteiger partial charge >= 0.3 is 12.1 Å². The van der Waals surface area contributed by atoms with Gasteiger partial charge in [0.2, 0.25) is 11.4 Å². The third-order valence-electron chi connectivity index (χ3n) is 3.15. The van der Waals surface area contributed by atoms with Gasteiger partial charge in [-0.25, -0.2) is 4.79 Å². The molecule has 0 bridgehead atoms. The average Bonchev–Trinajstić information content (AvgIpc) is 2.84. The summed E-state index contributed by atoms with van der Waals surface area (Å²) < 4.78 is 43.2. The number of amides is 1. The molecule has 1 amide bonds. The van der Waals surface area contributed by atoms with Gasteiger partial charge in [-0.2, -0.15) is 13.2 Å². The number of aliphatic carboxylic acids is 1. The zero-order valence-corrected chi connectivity index (χ0v) is 10.9. The fourth-order valence-electron chi connectivity index (χ4n) is 1.65. The van der Waals surface area contributed by atoms with E-state index in [2.05, 4.69) is 5.32 Å². The molecule has 20 heavy (non-hydrogen) atoms. The molecule has 3 N–H and O–H groups in total. The molecule has 116 valence electrons. The van der Waals surface area contributed by atoms with Crippen LogP contribution in [0.2, 0.25) is 0 Å². The van der Waals surface area contributed by atoms with Crippen molar-refractivity contribution in [1.29, 1.82) is 0 Å². The third kappa shape index (κ3) is 4.07. The van der Waals surface area contributed by atoms with Gasteiger partial charge in [0, 0.05) is 13.2 Å². The van der Waals surface area contributed by atoms with Crippen LogP contribution in [-0.4, -0.2) is 54.5 Å². The summed E-state index contributed by atoms with van der Waals surface area (Å²) in [6.45, 7) is 0.540. The summed E-state index contributed by atoms with van der Waals surface area (Å²) in [5.41, 5.74) is -3.16. The molecule has 1 fully saturated rings. The van der Waals surface area contributed by atoms with Gasteiger partial charge in [0.05, 0.1) is 12.6 Å². The molecular weight excluding hydrogens is 281 g/mol. The maximum atomic E-state index is 12.6. The van der Waals surface area contributed by atoms with E-state index in [1.165, 1.54) is 0 Å². The monoisotopic (exact) mass is 298 g/mol. The van der Waals surface area contributed by atoms with Crippen LogP contribution in [0.15, 0.2) is 0 Å². The first kappa shape index (κ1) is 16.7. The largest absolute Gasteiger partial charge is 0.480 e. The van der Waals surface area contributed by atoms with Crippen LogP contribution in [0.3, 0.4) is 0 Å². The Kier molecular flexibility index (Phi) is 5.35. The van der Waals surface area contributed by atoms with Crippen LogP contribution in [-0.2, 0) is 14.3 Å². The van der Waals surface area contributed by atoms with Crippen LogP contribution in [0.5, 0.6) is 0 Å². The summed E-state index contributed by atoms with van der Waals surface area (Å²) in [4.78, 5) is 22.1. The van der Waals surface area contributed by atoms with Crippen LogP contribution in [0, 0.1) is 0 Å². The second-order valence-electron chi connectivity index (χ2n) is 4.72. The molecule has 1 saturated heterocycles. The molecule has 1 rings (SSSR count). The molecule has 9 heteroatoms. The Hall–Kier alpha value is -1.35. The molecule has 2 atom stereocenters. The minimum absolute atomic E-state index is 0.132. The number of hydrogen-bond acceptors (Lipinski definition) is 4. The van der Waals surface area contributed by atoms with Crippen molar-refractivity contribution in [2.24, 2.45) is 0 Å². The van der Waals surface area contributed by atoms with Crippen LogP contribution < -0.4 is 10.6 Å². The number of rotatable bonds is 6. The van der Waals surface area contributed by atoms with Crippen molar-refractivity contribution < 1.29 is 32.6 Å². The van der Waals surface area contributed by atoms with Gasteiger partial charge in [0.15, 0.2) is 0 Å². The number of carboxylic acids is 1. The number of alkyl halides is 3. The molecule has 0 spiro atoms. The highest BCUT2D eigenvalue weighted by atomic mass is 19.4. The maximum absolute atomic E-state index is 12.6. The second kappa shape index (κ2) is 6.40. The number of carbonyl (C=O) groups is 2. The number of halogens is 3. The Morgan fingerprint density at radius 2 is 2.05 bits per heavy atom. The highest BCUT2D eigenvalue weighted by Crippen LogP contribution is 2.30. The molecule has 0 aromatic carbocycles. The molecule has 1 aliphatic rings. The minimum atomic E-state index is -5.01. The van der Waals surface area contributed by atoms with Gasteiger partial charge < -0.3 is 15.2 Å². The summed E-state index contributed by atoms with van der Waals surface area (Å²) in [6.07, 6.45) is -3.48. The van der Waals surface area contributed by atoms with Gasteiger partial charge in [-0.15, -0.1) is 0 Å². The Balaban J connectivity index is 2.43. The summed E-state index contributed by atoms with van der Waals surface area (Å²) in [5.74, 6) is -2.80. The summed E-state index contributed by atoms with van der Waals surface area (Å²) in [5, 5.41) is 12.8. The first-order valence-corrected chi connectivity index (χ1v) is 6.10. The Morgan fingerprint density at radius 3 is 2.50 bits per heavy atom. The van der Waals surface area contributed by atoms with E-state index in [0.717, 1.165) is 12.8 Å². The molecular formula is C11H17F3N2O4. The van der Waals surface area contributed by atoms with E-state index in [4.69, 9.17) is 9.84 Å². The molecule has 2 unspecified atom stereocenters. The summed E-state index contributed by atoms with van der Waals surface area (Å²) >= 11 is 0. The van der Waals surface area contributed by atoms with E-state index in [0.29, 0.717) is 13.5 Å². The van der Waals surface area contributed by atoms with Crippen LogP contribution in [0.1, 0.15) is 19.8 Å². The third-order valence-corrected chi connectivity index (χ3v) is 3.15. The average molecular weight is 298 g/mol. The highest BCUT2D eigenvalue weighted by molar-refractivity contribution is 5.82. The van der Waals surface area contributed by atoms with Crippen molar-refractivity contribution in [2.45, 2.75) is 37.6 Å². The van der Waals surface area contributed by atoms with Crippen LogP contribution in [0.4, 0.5) is 13.2 Å². The lowest BCUT2D eigenvalue weighted by molar-refractivity contribution is -0.205. The van der Waals surface area contributed by atoms with E-state index in [9.17, 15) is 22.8 Å². The van der Waals surface area contributed by atoms with Crippen molar-refractivity contribution in [1.82, 2.24) is 10.6 Å². The smallest absolute Gasteiger partial charge is 0.417 e. The van der Waals surface area contributed by atoms with Crippen LogP contribution >= 0.6 is 0 Å². The van der Waals surface area contributed by atoms with Crippen molar-refractivity contribution in [3.8, 4) is 0 Å². The first-order valence-electron chi connectivity index (χ1n) is 6.10. The van der Waals surface area contributed by atoms with Gasteiger partial charge in [-0.3, -0.25) is 10.1 Å². The van der Waals surface area contributed by atoms with E-state index in [1.54, 1.807) is 5.32 Å². The van der Waals surface area contributed by atoms with Crippen LogP contribution in [0.25, 0.3) is 0 Å². The number of nitrogens with one attached hydrogen (secondary N) is 2. The number of carbonyl (C=O) groups excluding carboxylic acids is 1. The fourth-order valence-corrected chi connectivity index (χ4v) is 1.65. The summed E-state index contributed by atoms with van der Waals surface area (Å²) in [7, 11) is 0. The standard InChI is InChI=1S/C11H17F3N2O4/c1-10(9(18)19,11(12,13)14)16-6-8(17)15-5-7-3-2-4-20-7/h7,16H,2-6H2,1H3,(H,15,17)(H,18,19). The zero-order valence-electron chi connectivity index (χ0n) is 10.9. The van der Waals surface area contributed by atoms with E-state index in [-0.39, 0.29) is 12.6 Å². The lowest BCUT2D eigenvalue weighted by Gasteiger charge is -2.28. The van der Waals surface area contributed by atoms with Gasteiger partial charge in [0.1, 0.15) is 0 Å². The molecule has 6 nitrogen and oxygen atoms in total. The molecule has 0 saturated carbocycles. The Labute approximate surface area is 113 Å². The number of hydrogen-bond donors (Lipinski definition) is 3. The predicted molar refractivity (Wildman–Crippen MR) is 62.1 cm³/mol. The van der Waals surface area contributed by atoms with Gasteiger partial charge in [0.25, 0.3) is 0 Å². The molecule has 0 aromatic rings. The van der Waals surface area contributed by atoms with Gasteiger partial charge in [-0.05, 0) is 19.8 Å². The first-order chi connectivity index (χ1) is 9.17. The quantitative estimate of drug-likeness (QED) is 0.655. The van der Waals surface area contributed by atoms with E-state index in [1.807, 2.05) is 0 Å². The van der Waals surface area contributed by atoms with Crippen molar-refractivity contribution in [3.63, 3.8) is 0 Å². The molecule has 0 radical (unpaired) electrons. The molecule has 0 aromatic heterocycles. The molecule has 1 aliphatic heterocycles. The molecule has 0 aliphatic carbocycles. The minimum Gasteiger partial charge on any atom is -0.480 e. The Morgan fingerprint density at radius 1 is 1.40 bits per heavy atom. The normalized spacial score (nSPS) is 22.3. The van der Waals surface area contributed by atoms with Crippen molar-refractivity contribution in [2.75, 3.05) is 19.7 Å². The molecule has 1 heterocycles. The maximum Gasteiger partial charge on any atom is 0.417 e. The van der Waals surface area contributed by atoms with E-state index < -0.39 is 30.1 Å². The van der Waals surface area contributed by atoms with Crippen molar-refractivity contribution in [3.05, 3.63) is 0 Å². The van der Waals surface area contributed by atoms with Crippen molar-refractivity contribution >= 4 is 11.9 Å². The lowest BCUT2D eigenvalue weighted by atomic mass is 10.0. The zero-order chi connectivity index (χ0) is 15.4. The summed E-state index contributed by atoms with van der Waals surface area (Å²) in [6, 6.07) is 0. The Bertz CT molecular complexity index is 369. The van der Waals surface area contributed by atoms with Gasteiger partial charge in [-0.1, -0.05) is 0 Å². The SMILES string of the molecule is CC(NCC(=O)NCC1CCCO1)(C(=O)O)C(F)(F)F. The van der Waals surface area contributed by atoms with E-state index >= 15 is 0 Å². The lowest BCUT2D eigenvalue weighted by Crippen LogP contribution is -2.61. The topological polar surface area (TPSA) is 87.7 Å².